The molecule has 140 valence electrons. The molecule has 1 aromatic heterocycles. The minimum atomic E-state index is -0.533. The second kappa shape index (κ2) is 8.94. The third kappa shape index (κ3) is 5.14. The van der Waals surface area contributed by atoms with E-state index >= 15 is 0 Å². The summed E-state index contributed by atoms with van der Waals surface area (Å²) < 4.78 is 0. The Balaban J connectivity index is 1.97. The van der Waals surface area contributed by atoms with Crippen LogP contribution in [-0.4, -0.2) is 41.3 Å². The van der Waals surface area contributed by atoms with Gasteiger partial charge < -0.3 is 10.2 Å². The van der Waals surface area contributed by atoms with E-state index in [1.54, 1.807) is 18.9 Å². The smallest absolute Gasteiger partial charge is 0.244 e. The first kappa shape index (κ1) is 20.1. The molecule has 1 aromatic carbocycles. The Morgan fingerprint density at radius 1 is 1.19 bits per heavy atom. The summed E-state index contributed by atoms with van der Waals surface area (Å²) in [5.74, 6) is 0.212. The van der Waals surface area contributed by atoms with Crippen LogP contribution in [0.15, 0.2) is 29.6 Å². The number of aromatic nitrogens is 1. The van der Waals surface area contributed by atoms with Gasteiger partial charge in [-0.2, -0.15) is 0 Å². The fourth-order valence-electron chi connectivity index (χ4n) is 2.54. The zero-order chi connectivity index (χ0) is 19.3. The van der Waals surface area contributed by atoms with E-state index in [9.17, 15) is 9.59 Å². The molecule has 0 saturated carbocycles. The molecule has 1 atom stereocenters. The highest BCUT2D eigenvalue weighted by atomic mass is 32.1. The van der Waals surface area contributed by atoms with Crippen LogP contribution in [0.4, 0.5) is 0 Å². The number of hydrogen-bond acceptors (Lipinski definition) is 4. The van der Waals surface area contributed by atoms with E-state index in [-0.39, 0.29) is 18.2 Å². The Morgan fingerprint density at radius 2 is 1.85 bits per heavy atom. The number of amides is 2. The molecule has 2 rings (SSSR count). The van der Waals surface area contributed by atoms with Gasteiger partial charge in [0, 0.05) is 24.5 Å². The molecule has 5 nitrogen and oxygen atoms in total. The molecule has 0 saturated heterocycles. The topological polar surface area (TPSA) is 62.3 Å². The largest absolute Gasteiger partial charge is 0.344 e. The zero-order valence-corrected chi connectivity index (χ0v) is 16.9. The van der Waals surface area contributed by atoms with Crippen molar-refractivity contribution >= 4 is 23.2 Å². The van der Waals surface area contributed by atoms with Crippen molar-refractivity contribution in [3.8, 4) is 10.6 Å². The highest BCUT2D eigenvalue weighted by Crippen LogP contribution is 2.25. The summed E-state index contributed by atoms with van der Waals surface area (Å²) in [6.07, 6.45) is 0.175. The number of nitrogens with one attached hydrogen (secondary N) is 1. The monoisotopic (exact) mass is 373 g/mol. The predicted molar refractivity (Wildman–Crippen MR) is 106 cm³/mol. The molecule has 1 N–H and O–H groups in total. The maximum atomic E-state index is 12.2. The first-order valence-corrected chi connectivity index (χ1v) is 9.78. The van der Waals surface area contributed by atoms with Gasteiger partial charge in [0.05, 0.1) is 12.1 Å². The molecular weight excluding hydrogens is 346 g/mol. The van der Waals surface area contributed by atoms with Crippen LogP contribution in [0.2, 0.25) is 0 Å². The minimum Gasteiger partial charge on any atom is -0.344 e. The number of thiazole rings is 1. The molecule has 0 aliphatic carbocycles. The van der Waals surface area contributed by atoms with E-state index in [0.29, 0.717) is 12.5 Å². The van der Waals surface area contributed by atoms with Crippen molar-refractivity contribution in [1.29, 1.82) is 0 Å². The van der Waals surface area contributed by atoms with Gasteiger partial charge >= 0.3 is 0 Å². The highest BCUT2D eigenvalue weighted by Gasteiger charge is 2.19. The number of rotatable bonds is 7. The van der Waals surface area contributed by atoms with Crippen LogP contribution in [-0.2, 0) is 16.0 Å². The molecule has 0 fully saturated rings. The summed E-state index contributed by atoms with van der Waals surface area (Å²) >= 11 is 1.53. The van der Waals surface area contributed by atoms with Gasteiger partial charge in [-0.05, 0) is 25.3 Å². The summed E-state index contributed by atoms with van der Waals surface area (Å²) in [5, 5.41) is 5.55. The molecule has 2 amide bonds. The molecule has 2 aromatic rings. The van der Waals surface area contributed by atoms with Crippen LogP contribution < -0.4 is 5.32 Å². The maximum Gasteiger partial charge on any atom is 0.244 e. The SMILES string of the molecule is CCN(C)C(=O)C(C)NC(=O)Cc1csc(-c2ccc(C(C)C)cc2)n1. The number of carbonyl (C=O) groups excluding carboxylic acids is 2. The summed E-state index contributed by atoms with van der Waals surface area (Å²) in [4.78, 5) is 30.4. The fraction of sp³-hybridized carbons (Fsp3) is 0.450. The van der Waals surface area contributed by atoms with Crippen molar-refractivity contribution in [2.75, 3.05) is 13.6 Å². The molecule has 0 bridgehead atoms. The number of hydrogen-bond donors (Lipinski definition) is 1. The molecule has 1 unspecified atom stereocenters. The van der Waals surface area contributed by atoms with Crippen molar-refractivity contribution in [2.45, 2.75) is 46.1 Å². The second-order valence-corrected chi connectivity index (χ2v) is 7.60. The summed E-state index contributed by atoms with van der Waals surface area (Å²) in [6.45, 7) is 8.55. The Labute approximate surface area is 159 Å². The standard InChI is InChI=1S/C20H27N3O2S/c1-6-23(5)20(25)14(4)21-18(24)11-17-12-26-19(22-17)16-9-7-15(8-10-16)13(2)3/h7-10,12-14H,6,11H2,1-5H3,(H,21,24). The summed E-state index contributed by atoms with van der Waals surface area (Å²) in [7, 11) is 1.72. The lowest BCUT2D eigenvalue weighted by Gasteiger charge is -2.20. The number of likely N-dealkylation sites (N-methyl/N-ethyl adjacent to an activating group) is 1. The summed E-state index contributed by atoms with van der Waals surface area (Å²) in [6, 6.07) is 7.84. The Morgan fingerprint density at radius 3 is 2.42 bits per heavy atom. The zero-order valence-electron chi connectivity index (χ0n) is 16.1. The van der Waals surface area contributed by atoms with Gasteiger partial charge in [-0.25, -0.2) is 4.98 Å². The Hall–Kier alpha value is -2.21. The van der Waals surface area contributed by atoms with Crippen LogP contribution in [0.3, 0.4) is 0 Å². The van der Waals surface area contributed by atoms with Crippen LogP contribution in [0.1, 0.15) is 44.9 Å². The van der Waals surface area contributed by atoms with Crippen LogP contribution in [0.25, 0.3) is 10.6 Å². The van der Waals surface area contributed by atoms with Crippen molar-refractivity contribution in [3.05, 3.63) is 40.9 Å². The van der Waals surface area contributed by atoms with Gasteiger partial charge in [0.15, 0.2) is 0 Å². The molecule has 0 aliphatic heterocycles. The molecule has 0 spiro atoms. The van der Waals surface area contributed by atoms with Gasteiger partial charge in [0.25, 0.3) is 0 Å². The van der Waals surface area contributed by atoms with E-state index in [2.05, 4.69) is 48.4 Å². The first-order chi connectivity index (χ1) is 12.3. The molecule has 0 radical (unpaired) electrons. The minimum absolute atomic E-state index is 0.0925. The van der Waals surface area contributed by atoms with Gasteiger partial charge in [0.2, 0.25) is 11.8 Å². The highest BCUT2D eigenvalue weighted by molar-refractivity contribution is 7.13. The lowest BCUT2D eigenvalue weighted by atomic mass is 10.0. The van der Waals surface area contributed by atoms with Crippen LogP contribution in [0, 0.1) is 0 Å². The molecular formula is C20H27N3O2S. The number of benzene rings is 1. The number of carbonyl (C=O) groups is 2. The van der Waals surface area contributed by atoms with E-state index in [4.69, 9.17) is 0 Å². The lowest BCUT2D eigenvalue weighted by molar-refractivity contribution is -0.134. The maximum absolute atomic E-state index is 12.2. The van der Waals surface area contributed by atoms with Crippen molar-refractivity contribution in [2.24, 2.45) is 0 Å². The Bertz CT molecular complexity index is 753. The van der Waals surface area contributed by atoms with Gasteiger partial charge in [-0.15, -0.1) is 11.3 Å². The fourth-order valence-corrected chi connectivity index (χ4v) is 3.36. The van der Waals surface area contributed by atoms with Gasteiger partial charge in [0.1, 0.15) is 11.0 Å². The normalized spacial score (nSPS) is 12.1. The van der Waals surface area contributed by atoms with Crippen LogP contribution >= 0.6 is 11.3 Å². The second-order valence-electron chi connectivity index (χ2n) is 6.74. The average molecular weight is 374 g/mol. The third-order valence-corrected chi connectivity index (χ3v) is 5.26. The average Bonchev–Trinajstić information content (AvgIpc) is 3.08. The van der Waals surface area contributed by atoms with Crippen molar-refractivity contribution in [3.63, 3.8) is 0 Å². The van der Waals surface area contributed by atoms with Crippen molar-refractivity contribution < 1.29 is 9.59 Å². The molecule has 26 heavy (non-hydrogen) atoms. The van der Waals surface area contributed by atoms with Crippen molar-refractivity contribution in [1.82, 2.24) is 15.2 Å². The van der Waals surface area contributed by atoms with Gasteiger partial charge in [-0.1, -0.05) is 38.1 Å². The summed E-state index contributed by atoms with van der Waals surface area (Å²) in [5.41, 5.74) is 3.07. The number of nitrogens with zero attached hydrogens (tertiary/aromatic N) is 2. The Kier molecular flexibility index (Phi) is 6.91. The lowest BCUT2D eigenvalue weighted by Crippen LogP contribution is -2.45. The first-order valence-electron chi connectivity index (χ1n) is 8.90. The molecule has 1 heterocycles. The quantitative estimate of drug-likeness (QED) is 0.808. The van der Waals surface area contributed by atoms with E-state index in [0.717, 1.165) is 16.3 Å². The van der Waals surface area contributed by atoms with E-state index < -0.39 is 6.04 Å². The van der Waals surface area contributed by atoms with E-state index in [1.165, 1.54) is 16.9 Å². The van der Waals surface area contributed by atoms with Crippen LogP contribution in [0.5, 0.6) is 0 Å². The third-order valence-electron chi connectivity index (χ3n) is 4.32. The molecule has 6 heteroatoms. The molecule has 0 aliphatic rings. The predicted octanol–water partition coefficient (Wildman–Crippen LogP) is 3.46. The van der Waals surface area contributed by atoms with Gasteiger partial charge in [-0.3, -0.25) is 9.59 Å². The van der Waals surface area contributed by atoms with E-state index in [1.807, 2.05) is 12.3 Å².